The summed E-state index contributed by atoms with van der Waals surface area (Å²) in [6.07, 6.45) is 0. The van der Waals surface area contributed by atoms with Crippen molar-refractivity contribution in [3.05, 3.63) is 212 Å². The van der Waals surface area contributed by atoms with E-state index < -0.39 is 0 Å². The van der Waals surface area contributed by atoms with Gasteiger partial charge in [0.2, 0.25) is 0 Å². The third kappa shape index (κ3) is 6.14. The second kappa shape index (κ2) is 14.7. The number of nitrogens with zero attached hydrogens (tertiary/aromatic N) is 3. The lowest BCUT2D eigenvalue weighted by molar-refractivity contribution is 0.669. The highest BCUT2D eigenvalue weighted by molar-refractivity contribution is 6.19. The molecule has 9 aromatic carbocycles. The molecule has 0 bridgehead atoms. The van der Waals surface area contributed by atoms with E-state index in [0.29, 0.717) is 17.5 Å². The summed E-state index contributed by atoms with van der Waals surface area (Å²) in [6.45, 7) is 0. The molecular weight excluding hydrogens is 759 g/mol. The molecule has 0 fully saturated rings. The van der Waals surface area contributed by atoms with Crippen LogP contribution in [0.25, 0.3) is 123 Å². The van der Waals surface area contributed by atoms with Crippen LogP contribution in [0.2, 0.25) is 0 Å². The van der Waals surface area contributed by atoms with Crippen molar-refractivity contribution in [2.45, 2.75) is 0 Å². The predicted molar refractivity (Wildman–Crippen MR) is 252 cm³/mol. The van der Waals surface area contributed by atoms with Gasteiger partial charge in [-0.05, 0) is 69.8 Å². The Labute approximate surface area is 357 Å². The van der Waals surface area contributed by atoms with Crippen LogP contribution in [0.5, 0.6) is 0 Å². The SMILES string of the molecule is c1ccc(-c2cc(-c3ccccc3)cc(-c3nc(-c4ccccc4)nc(-c4ccc(-c5ccc(-c6cccc7c6oc6ccccc67)c6c5oc5ccccc56)cc4)n3)c2)cc1. The van der Waals surface area contributed by atoms with Gasteiger partial charge in [-0.25, -0.2) is 15.0 Å². The van der Waals surface area contributed by atoms with E-state index in [2.05, 4.69) is 146 Å². The molecule has 5 nitrogen and oxygen atoms in total. The van der Waals surface area contributed by atoms with Crippen LogP contribution in [0, 0.1) is 0 Å². The van der Waals surface area contributed by atoms with Gasteiger partial charge in [0.15, 0.2) is 17.5 Å². The topological polar surface area (TPSA) is 65.0 Å². The maximum absolute atomic E-state index is 6.74. The average molecular weight is 794 g/mol. The molecular formula is C57H35N3O2. The number of hydrogen-bond donors (Lipinski definition) is 0. The lowest BCUT2D eigenvalue weighted by Gasteiger charge is -2.13. The highest BCUT2D eigenvalue weighted by Crippen LogP contribution is 2.45. The zero-order chi connectivity index (χ0) is 41.0. The van der Waals surface area contributed by atoms with Crippen LogP contribution in [-0.2, 0) is 0 Å². The Kier molecular flexibility index (Phi) is 8.42. The van der Waals surface area contributed by atoms with Gasteiger partial charge in [0.1, 0.15) is 22.3 Å². The van der Waals surface area contributed by atoms with E-state index >= 15 is 0 Å². The zero-order valence-corrected chi connectivity index (χ0v) is 33.4. The molecule has 5 heteroatoms. The normalized spacial score (nSPS) is 11.5. The van der Waals surface area contributed by atoms with Gasteiger partial charge in [-0.3, -0.25) is 0 Å². The molecule has 3 aromatic heterocycles. The van der Waals surface area contributed by atoms with Crippen molar-refractivity contribution in [3.8, 4) is 78.7 Å². The van der Waals surface area contributed by atoms with Crippen molar-refractivity contribution in [1.82, 2.24) is 15.0 Å². The first kappa shape index (κ1) is 35.5. The van der Waals surface area contributed by atoms with Crippen LogP contribution in [0.15, 0.2) is 221 Å². The second-order valence-corrected chi connectivity index (χ2v) is 15.5. The summed E-state index contributed by atoms with van der Waals surface area (Å²) in [5.41, 5.74) is 14.6. The predicted octanol–water partition coefficient (Wildman–Crippen LogP) is 15.3. The number of benzene rings is 9. The van der Waals surface area contributed by atoms with Crippen molar-refractivity contribution >= 4 is 43.9 Å². The van der Waals surface area contributed by atoms with Gasteiger partial charge in [-0.2, -0.15) is 0 Å². The number of rotatable bonds is 7. The van der Waals surface area contributed by atoms with Crippen molar-refractivity contribution in [1.29, 1.82) is 0 Å². The van der Waals surface area contributed by atoms with Gasteiger partial charge in [-0.1, -0.05) is 176 Å². The molecule has 0 aliphatic carbocycles. The van der Waals surface area contributed by atoms with Crippen LogP contribution in [0.3, 0.4) is 0 Å². The molecule has 0 atom stereocenters. The minimum atomic E-state index is 0.593. The summed E-state index contributed by atoms with van der Waals surface area (Å²) in [4.78, 5) is 15.4. The first-order valence-corrected chi connectivity index (χ1v) is 20.8. The number of hydrogen-bond acceptors (Lipinski definition) is 5. The maximum atomic E-state index is 6.74. The second-order valence-electron chi connectivity index (χ2n) is 15.5. The first-order chi connectivity index (χ1) is 30.7. The fraction of sp³-hybridized carbons (Fsp3) is 0. The van der Waals surface area contributed by atoms with E-state index in [9.17, 15) is 0 Å². The van der Waals surface area contributed by atoms with Crippen LogP contribution >= 0.6 is 0 Å². The van der Waals surface area contributed by atoms with Gasteiger partial charge in [-0.15, -0.1) is 0 Å². The van der Waals surface area contributed by atoms with E-state index in [0.717, 1.165) is 105 Å². The molecule has 12 aromatic rings. The summed E-state index contributed by atoms with van der Waals surface area (Å²) in [7, 11) is 0. The molecule has 0 spiro atoms. The van der Waals surface area contributed by atoms with Crippen LogP contribution < -0.4 is 0 Å². The van der Waals surface area contributed by atoms with Gasteiger partial charge in [0, 0.05) is 49.4 Å². The lowest BCUT2D eigenvalue weighted by atomic mass is 9.93. The van der Waals surface area contributed by atoms with Crippen LogP contribution in [0.1, 0.15) is 0 Å². The van der Waals surface area contributed by atoms with Gasteiger partial charge in [0.25, 0.3) is 0 Å². The molecule has 290 valence electrons. The van der Waals surface area contributed by atoms with Crippen molar-refractivity contribution in [2.24, 2.45) is 0 Å². The Balaban J connectivity index is 0.991. The summed E-state index contributed by atoms with van der Waals surface area (Å²) in [6, 6.07) is 73.3. The monoisotopic (exact) mass is 793 g/mol. The third-order valence-corrected chi connectivity index (χ3v) is 11.7. The van der Waals surface area contributed by atoms with Gasteiger partial charge >= 0.3 is 0 Å². The van der Waals surface area contributed by atoms with Gasteiger partial charge in [0.05, 0.1) is 0 Å². The molecule has 0 N–H and O–H groups in total. The molecule has 0 unspecified atom stereocenters. The van der Waals surface area contributed by atoms with Crippen LogP contribution in [-0.4, -0.2) is 15.0 Å². The first-order valence-electron chi connectivity index (χ1n) is 20.8. The summed E-state index contributed by atoms with van der Waals surface area (Å²) < 4.78 is 13.3. The Hall–Kier alpha value is -8.41. The largest absolute Gasteiger partial charge is 0.455 e. The van der Waals surface area contributed by atoms with E-state index in [1.807, 2.05) is 66.7 Å². The number of para-hydroxylation sites is 3. The Morgan fingerprint density at radius 1 is 0.258 bits per heavy atom. The van der Waals surface area contributed by atoms with Crippen molar-refractivity contribution in [2.75, 3.05) is 0 Å². The minimum absolute atomic E-state index is 0.593. The van der Waals surface area contributed by atoms with E-state index in [1.165, 1.54) is 0 Å². The van der Waals surface area contributed by atoms with E-state index in [1.54, 1.807) is 0 Å². The molecule has 62 heavy (non-hydrogen) atoms. The minimum Gasteiger partial charge on any atom is -0.455 e. The molecule has 0 amide bonds. The molecule has 0 saturated heterocycles. The summed E-state index contributed by atoms with van der Waals surface area (Å²) >= 11 is 0. The zero-order valence-electron chi connectivity index (χ0n) is 33.4. The third-order valence-electron chi connectivity index (χ3n) is 11.7. The fourth-order valence-corrected chi connectivity index (χ4v) is 8.74. The maximum Gasteiger partial charge on any atom is 0.164 e. The summed E-state index contributed by atoms with van der Waals surface area (Å²) in [5, 5.41) is 4.31. The quantitative estimate of drug-likeness (QED) is 0.161. The molecule has 0 aliphatic heterocycles. The number of aromatic nitrogens is 3. The van der Waals surface area contributed by atoms with Crippen molar-refractivity contribution in [3.63, 3.8) is 0 Å². The number of furan rings is 2. The molecule has 0 saturated carbocycles. The lowest BCUT2D eigenvalue weighted by Crippen LogP contribution is -2.00. The van der Waals surface area contributed by atoms with Gasteiger partial charge < -0.3 is 8.83 Å². The highest BCUT2D eigenvalue weighted by Gasteiger charge is 2.21. The number of fused-ring (bicyclic) bond motifs is 6. The fourth-order valence-electron chi connectivity index (χ4n) is 8.74. The standard InChI is InChI=1S/C57H35N3O2/c1-4-15-36(16-5-1)41-33-42(37-17-6-2-7-18-37)35-43(34-41)57-59-55(39-19-8-3-9-20-39)58-56(60-57)40-29-27-38(28-30-40)44-31-32-46(52-49-22-11-13-26-51(49)62-54(44)52)48-24-14-23-47-45-21-10-12-25-50(45)61-53(47)48/h1-35H. The molecule has 0 aliphatic rings. The smallest absolute Gasteiger partial charge is 0.164 e. The van der Waals surface area contributed by atoms with Crippen molar-refractivity contribution < 1.29 is 8.83 Å². The van der Waals surface area contributed by atoms with Crippen LogP contribution in [0.4, 0.5) is 0 Å². The highest BCUT2D eigenvalue weighted by atomic mass is 16.3. The van der Waals surface area contributed by atoms with E-state index in [-0.39, 0.29) is 0 Å². The Morgan fingerprint density at radius 3 is 1.35 bits per heavy atom. The average Bonchev–Trinajstić information content (AvgIpc) is 3.94. The molecule has 0 radical (unpaired) electrons. The molecule has 3 heterocycles. The van der Waals surface area contributed by atoms with E-state index in [4.69, 9.17) is 23.8 Å². The molecule has 12 rings (SSSR count). The Bertz CT molecular complexity index is 3550. The summed E-state index contributed by atoms with van der Waals surface area (Å²) in [5.74, 6) is 1.81. The Morgan fingerprint density at radius 2 is 0.710 bits per heavy atom.